The maximum atomic E-state index is 5.08. The van der Waals surface area contributed by atoms with E-state index in [4.69, 9.17) is 4.74 Å². The minimum Gasteiger partial charge on any atom is -0.383 e. The van der Waals surface area contributed by atoms with Crippen molar-refractivity contribution in [1.82, 2.24) is 5.32 Å². The maximum Gasteiger partial charge on any atom is 0.0587 e. The standard InChI is InChI=1S/C18H31NO/c1-14(2)17(13-19-11-12-20-6)15-7-9-16(10-8-15)18(3,4)5/h7-10,14,17,19H,11-13H2,1-6H3. The Hall–Kier alpha value is -0.860. The average Bonchev–Trinajstić information content (AvgIpc) is 2.37. The van der Waals surface area contributed by atoms with Crippen LogP contribution in [0.2, 0.25) is 0 Å². The van der Waals surface area contributed by atoms with Gasteiger partial charge in [-0.3, -0.25) is 0 Å². The molecule has 0 saturated carbocycles. The fourth-order valence-corrected chi connectivity index (χ4v) is 2.40. The number of methoxy groups -OCH3 is 1. The molecular formula is C18H31NO. The molecule has 0 aliphatic heterocycles. The number of benzene rings is 1. The lowest BCUT2D eigenvalue weighted by Gasteiger charge is -2.24. The Morgan fingerprint density at radius 3 is 2.15 bits per heavy atom. The highest BCUT2D eigenvalue weighted by atomic mass is 16.5. The predicted molar refractivity (Wildman–Crippen MR) is 87.5 cm³/mol. The molecule has 1 N–H and O–H groups in total. The first kappa shape index (κ1) is 17.2. The summed E-state index contributed by atoms with van der Waals surface area (Å²) in [4.78, 5) is 0. The van der Waals surface area contributed by atoms with Crippen LogP contribution in [0.5, 0.6) is 0 Å². The lowest BCUT2D eigenvalue weighted by atomic mass is 9.83. The molecule has 0 aromatic heterocycles. The molecule has 0 radical (unpaired) electrons. The highest BCUT2D eigenvalue weighted by Crippen LogP contribution is 2.27. The van der Waals surface area contributed by atoms with Gasteiger partial charge in [-0.15, -0.1) is 0 Å². The van der Waals surface area contributed by atoms with Gasteiger partial charge in [0.2, 0.25) is 0 Å². The smallest absolute Gasteiger partial charge is 0.0587 e. The van der Waals surface area contributed by atoms with Crippen LogP contribution in [-0.4, -0.2) is 26.8 Å². The molecule has 1 aromatic rings. The van der Waals surface area contributed by atoms with Crippen molar-refractivity contribution < 1.29 is 4.74 Å². The normalized spacial score (nSPS) is 13.8. The summed E-state index contributed by atoms with van der Waals surface area (Å²) >= 11 is 0. The van der Waals surface area contributed by atoms with Crippen molar-refractivity contribution in [2.75, 3.05) is 26.8 Å². The van der Waals surface area contributed by atoms with Gasteiger partial charge in [0.05, 0.1) is 6.61 Å². The SMILES string of the molecule is COCCNCC(c1ccc(C(C)(C)C)cc1)C(C)C. The maximum absolute atomic E-state index is 5.08. The molecule has 20 heavy (non-hydrogen) atoms. The topological polar surface area (TPSA) is 21.3 Å². The van der Waals surface area contributed by atoms with E-state index in [1.54, 1.807) is 7.11 Å². The Bertz CT molecular complexity index is 375. The molecule has 1 aromatic carbocycles. The minimum atomic E-state index is 0.225. The fourth-order valence-electron chi connectivity index (χ4n) is 2.40. The van der Waals surface area contributed by atoms with Crippen molar-refractivity contribution in [2.24, 2.45) is 5.92 Å². The molecule has 0 heterocycles. The number of hydrogen-bond acceptors (Lipinski definition) is 2. The van der Waals surface area contributed by atoms with Crippen molar-refractivity contribution >= 4 is 0 Å². The van der Waals surface area contributed by atoms with Gasteiger partial charge in [-0.1, -0.05) is 58.9 Å². The molecule has 2 heteroatoms. The Morgan fingerprint density at radius 1 is 1.10 bits per heavy atom. The van der Waals surface area contributed by atoms with E-state index in [1.807, 2.05) is 0 Å². The summed E-state index contributed by atoms with van der Waals surface area (Å²) in [6.07, 6.45) is 0. The number of nitrogens with one attached hydrogen (secondary N) is 1. The summed E-state index contributed by atoms with van der Waals surface area (Å²) in [5.41, 5.74) is 3.05. The second-order valence-electron chi connectivity index (χ2n) is 6.92. The third-order valence-electron chi connectivity index (χ3n) is 3.86. The summed E-state index contributed by atoms with van der Waals surface area (Å²) in [6, 6.07) is 9.15. The van der Waals surface area contributed by atoms with E-state index in [0.717, 1.165) is 19.7 Å². The van der Waals surface area contributed by atoms with E-state index in [1.165, 1.54) is 11.1 Å². The number of rotatable bonds is 7. The highest BCUT2D eigenvalue weighted by Gasteiger charge is 2.17. The zero-order chi connectivity index (χ0) is 15.2. The van der Waals surface area contributed by atoms with Crippen molar-refractivity contribution in [1.29, 1.82) is 0 Å². The molecule has 1 unspecified atom stereocenters. The van der Waals surface area contributed by atoms with Gasteiger partial charge in [-0.2, -0.15) is 0 Å². The van der Waals surface area contributed by atoms with E-state index in [9.17, 15) is 0 Å². The molecule has 0 fully saturated rings. The third-order valence-corrected chi connectivity index (χ3v) is 3.86. The molecule has 1 atom stereocenters. The second kappa shape index (κ2) is 7.80. The number of ether oxygens (including phenoxy) is 1. The molecule has 0 spiro atoms. The van der Waals surface area contributed by atoms with Crippen LogP contribution in [0.3, 0.4) is 0 Å². The van der Waals surface area contributed by atoms with E-state index in [2.05, 4.69) is 64.2 Å². The summed E-state index contributed by atoms with van der Waals surface area (Å²) in [7, 11) is 1.74. The van der Waals surface area contributed by atoms with Crippen LogP contribution in [0, 0.1) is 5.92 Å². The second-order valence-corrected chi connectivity index (χ2v) is 6.92. The summed E-state index contributed by atoms with van der Waals surface area (Å²) in [5.74, 6) is 1.19. The Labute approximate surface area is 124 Å². The van der Waals surface area contributed by atoms with Gasteiger partial charge in [0.15, 0.2) is 0 Å². The van der Waals surface area contributed by atoms with Crippen molar-refractivity contribution in [3.63, 3.8) is 0 Å². The molecular weight excluding hydrogens is 246 g/mol. The minimum absolute atomic E-state index is 0.225. The van der Waals surface area contributed by atoms with Gasteiger partial charge in [0, 0.05) is 20.2 Å². The first-order valence-corrected chi connectivity index (χ1v) is 7.66. The predicted octanol–water partition coefficient (Wildman–Crippen LogP) is 3.96. The van der Waals surface area contributed by atoms with Crippen LogP contribution >= 0.6 is 0 Å². The first-order chi connectivity index (χ1) is 9.36. The molecule has 0 bridgehead atoms. The Kier molecular flexibility index (Phi) is 6.70. The zero-order valence-electron chi connectivity index (χ0n) is 14.0. The Balaban J connectivity index is 2.72. The lowest BCUT2D eigenvalue weighted by Crippen LogP contribution is -2.27. The van der Waals surface area contributed by atoms with Crippen LogP contribution in [-0.2, 0) is 10.2 Å². The van der Waals surface area contributed by atoms with Gasteiger partial charge in [-0.05, 0) is 28.4 Å². The molecule has 0 amide bonds. The molecule has 0 saturated heterocycles. The monoisotopic (exact) mass is 277 g/mol. The van der Waals surface area contributed by atoms with E-state index in [-0.39, 0.29) is 5.41 Å². The molecule has 0 aliphatic carbocycles. The first-order valence-electron chi connectivity index (χ1n) is 7.66. The third kappa shape index (κ3) is 5.26. The van der Waals surface area contributed by atoms with Crippen LogP contribution in [0.15, 0.2) is 24.3 Å². The molecule has 1 rings (SSSR count). The zero-order valence-corrected chi connectivity index (χ0v) is 14.0. The van der Waals surface area contributed by atoms with E-state index < -0.39 is 0 Å². The van der Waals surface area contributed by atoms with Gasteiger partial charge >= 0.3 is 0 Å². The van der Waals surface area contributed by atoms with E-state index >= 15 is 0 Å². The van der Waals surface area contributed by atoms with Gasteiger partial charge in [0.1, 0.15) is 0 Å². The van der Waals surface area contributed by atoms with Crippen molar-refractivity contribution in [2.45, 2.75) is 46.0 Å². The Morgan fingerprint density at radius 2 is 1.70 bits per heavy atom. The molecule has 2 nitrogen and oxygen atoms in total. The molecule has 0 aliphatic rings. The quantitative estimate of drug-likeness (QED) is 0.762. The summed E-state index contributed by atoms with van der Waals surface area (Å²) in [5, 5.41) is 3.49. The van der Waals surface area contributed by atoms with Crippen molar-refractivity contribution in [3.8, 4) is 0 Å². The highest BCUT2D eigenvalue weighted by molar-refractivity contribution is 5.30. The van der Waals surface area contributed by atoms with Crippen LogP contribution < -0.4 is 5.32 Å². The summed E-state index contributed by atoms with van der Waals surface area (Å²) < 4.78 is 5.08. The summed E-state index contributed by atoms with van der Waals surface area (Å²) in [6.45, 7) is 14.1. The lowest BCUT2D eigenvalue weighted by molar-refractivity contribution is 0.198. The largest absolute Gasteiger partial charge is 0.383 e. The van der Waals surface area contributed by atoms with Crippen LogP contribution in [0.4, 0.5) is 0 Å². The molecule has 114 valence electrons. The van der Waals surface area contributed by atoms with E-state index in [0.29, 0.717) is 11.8 Å². The van der Waals surface area contributed by atoms with Gasteiger partial charge < -0.3 is 10.1 Å². The average molecular weight is 277 g/mol. The van der Waals surface area contributed by atoms with Gasteiger partial charge in [0.25, 0.3) is 0 Å². The van der Waals surface area contributed by atoms with Crippen LogP contribution in [0.25, 0.3) is 0 Å². The van der Waals surface area contributed by atoms with Gasteiger partial charge in [-0.25, -0.2) is 0 Å². The van der Waals surface area contributed by atoms with Crippen LogP contribution in [0.1, 0.15) is 51.7 Å². The fraction of sp³-hybridized carbons (Fsp3) is 0.667. The van der Waals surface area contributed by atoms with Crippen molar-refractivity contribution in [3.05, 3.63) is 35.4 Å². The number of hydrogen-bond donors (Lipinski definition) is 1.